The van der Waals surface area contributed by atoms with Crippen molar-refractivity contribution in [1.82, 2.24) is 15.2 Å². The SMILES string of the molecule is CCCNCc1cccc(CN(C)Cc2cc(Br)cs2)n1. The Morgan fingerprint density at radius 3 is 2.81 bits per heavy atom. The number of halogens is 1. The van der Waals surface area contributed by atoms with Gasteiger partial charge in [-0.2, -0.15) is 0 Å². The van der Waals surface area contributed by atoms with Crippen molar-refractivity contribution in [3.8, 4) is 0 Å². The number of rotatable bonds is 8. The summed E-state index contributed by atoms with van der Waals surface area (Å²) in [6.07, 6.45) is 1.15. The van der Waals surface area contributed by atoms with Crippen LogP contribution in [-0.4, -0.2) is 23.5 Å². The second-order valence-corrected chi connectivity index (χ2v) is 7.11. The normalized spacial score (nSPS) is 11.2. The van der Waals surface area contributed by atoms with Gasteiger partial charge in [-0.05, 0) is 54.1 Å². The number of thiophene rings is 1. The van der Waals surface area contributed by atoms with Crippen molar-refractivity contribution in [1.29, 1.82) is 0 Å². The largest absolute Gasteiger partial charge is 0.311 e. The van der Waals surface area contributed by atoms with Gasteiger partial charge in [0.05, 0.1) is 11.4 Å². The van der Waals surface area contributed by atoms with E-state index in [-0.39, 0.29) is 0 Å². The first kappa shape index (κ1) is 16.6. The molecule has 2 aromatic heterocycles. The zero-order chi connectivity index (χ0) is 15.1. The summed E-state index contributed by atoms with van der Waals surface area (Å²) in [4.78, 5) is 8.38. The van der Waals surface area contributed by atoms with Crippen molar-refractivity contribution in [2.75, 3.05) is 13.6 Å². The Labute approximate surface area is 139 Å². The summed E-state index contributed by atoms with van der Waals surface area (Å²) in [5.41, 5.74) is 2.25. The highest BCUT2D eigenvalue weighted by atomic mass is 79.9. The van der Waals surface area contributed by atoms with E-state index < -0.39 is 0 Å². The van der Waals surface area contributed by atoms with Gasteiger partial charge in [0.1, 0.15) is 0 Å². The van der Waals surface area contributed by atoms with E-state index in [0.29, 0.717) is 0 Å². The number of pyridine rings is 1. The lowest BCUT2D eigenvalue weighted by Crippen LogP contribution is -2.19. The maximum Gasteiger partial charge on any atom is 0.0547 e. The van der Waals surface area contributed by atoms with Crippen molar-refractivity contribution < 1.29 is 0 Å². The Morgan fingerprint density at radius 1 is 1.29 bits per heavy atom. The molecule has 0 aliphatic carbocycles. The van der Waals surface area contributed by atoms with E-state index in [4.69, 9.17) is 4.98 Å². The summed E-state index contributed by atoms with van der Waals surface area (Å²) >= 11 is 5.29. The molecule has 2 rings (SSSR count). The maximum absolute atomic E-state index is 4.72. The number of hydrogen-bond donors (Lipinski definition) is 1. The minimum Gasteiger partial charge on any atom is -0.311 e. The zero-order valence-electron chi connectivity index (χ0n) is 12.6. The first-order valence-corrected chi connectivity index (χ1v) is 8.91. The van der Waals surface area contributed by atoms with Crippen LogP contribution in [-0.2, 0) is 19.6 Å². The molecule has 2 heterocycles. The molecule has 114 valence electrons. The highest BCUT2D eigenvalue weighted by molar-refractivity contribution is 9.10. The molecule has 3 nitrogen and oxygen atoms in total. The highest BCUT2D eigenvalue weighted by Gasteiger charge is 2.05. The molecule has 5 heteroatoms. The van der Waals surface area contributed by atoms with Crippen LogP contribution in [0, 0.1) is 0 Å². The lowest BCUT2D eigenvalue weighted by atomic mass is 10.2. The van der Waals surface area contributed by atoms with Crippen LogP contribution in [0.5, 0.6) is 0 Å². The third kappa shape index (κ3) is 5.87. The number of hydrogen-bond acceptors (Lipinski definition) is 4. The molecule has 21 heavy (non-hydrogen) atoms. The van der Waals surface area contributed by atoms with Gasteiger partial charge in [-0.25, -0.2) is 0 Å². The molecule has 0 saturated carbocycles. The third-order valence-electron chi connectivity index (χ3n) is 3.08. The third-order valence-corrected chi connectivity index (χ3v) is 4.76. The van der Waals surface area contributed by atoms with Crippen LogP contribution in [0.25, 0.3) is 0 Å². The van der Waals surface area contributed by atoms with Crippen molar-refractivity contribution in [2.24, 2.45) is 0 Å². The Balaban J connectivity index is 1.88. The predicted octanol–water partition coefficient (Wildman–Crippen LogP) is 4.04. The average molecular weight is 368 g/mol. The van der Waals surface area contributed by atoms with Crippen LogP contribution >= 0.6 is 27.3 Å². The minimum absolute atomic E-state index is 0.850. The monoisotopic (exact) mass is 367 g/mol. The first-order valence-electron chi connectivity index (χ1n) is 7.24. The summed E-state index contributed by atoms with van der Waals surface area (Å²) in [6, 6.07) is 8.47. The Hall–Kier alpha value is -0.750. The van der Waals surface area contributed by atoms with Gasteiger partial charge in [0.2, 0.25) is 0 Å². The van der Waals surface area contributed by atoms with Crippen molar-refractivity contribution in [2.45, 2.75) is 33.0 Å². The standard InChI is InChI=1S/C16H22BrN3S/c1-3-7-18-9-14-5-4-6-15(19-14)10-20(2)11-16-8-13(17)12-21-16/h4-6,8,12,18H,3,7,9-11H2,1-2H3. The molecule has 0 saturated heterocycles. The van der Waals surface area contributed by atoms with E-state index >= 15 is 0 Å². The van der Waals surface area contributed by atoms with E-state index in [2.05, 4.69) is 69.8 Å². The first-order chi connectivity index (χ1) is 10.2. The number of aromatic nitrogens is 1. The fourth-order valence-corrected chi connectivity index (χ4v) is 3.67. The van der Waals surface area contributed by atoms with Gasteiger partial charge in [0, 0.05) is 34.4 Å². The molecular weight excluding hydrogens is 346 g/mol. The lowest BCUT2D eigenvalue weighted by molar-refractivity contribution is 0.317. The van der Waals surface area contributed by atoms with Gasteiger partial charge in [-0.3, -0.25) is 9.88 Å². The predicted molar refractivity (Wildman–Crippen MR) is 93.4 cm³/mol. The molecule has 0 fully saturated rings. The quantitative estimate of drug-likeness (QED) is 0.713. The number of nitrogens with one attached hydrogen (secondary N) is 1. The van der Waals surface area contributed by atoms with Gasteiger partial charge in [0.15, 0.2) is 0 Å². The molecule has 0 aliphatic heterocycles. The second-order valence-electron chi connectivity index (χ2n) is 5.20. The zero-order valence-corrected chi connectivity index (χ0v) is 15.0. The van der Waals surface area contributed by atoms with Crippen LogP contribution in [0.3, 0.4) is 0 Å². The summed E-state index contributed by atoms with van der Waals surface area (Å²) < 4.78 is 1.16. The van der Waals surface area contributed by atoms with E-state index in [1.807, 2.05) is 0 Å². The average Bonchev–Trinajstić information content (AvgIpc) is 2.84. The fourth-order valence-electron chi connectivity index (χ4n) is 2.14. The molecule has 0 unspecified atom stereocenters. The van der Waals surface area contributed by atoms with Crippen molar-refractivity contribution >= 4 is 27.3 Å². The molecule has 0 radical (unpaired) electrons. The van der Waals surface area contributed by atoms with Gasteiger partial charge < -0.3 is 5.32 Å². The van der Waals surface area contributed by atoms with Gasteiger partial charge in [0.25, 0.3) is 0 Å². The van der Waals surface area contributed by atoms with Crippen LogP contribution < -0.4 is 5.32 Å². The van der Waals surface area contributed by atoms with Gasteiger partial charge in [-0.15, -0.1) is 11.3 Å². The van der Waals surface area contributed by atoms with Crippen molar-refractivity contribution in [3.05, 3.63) is 50.4 Å². The molecule has 0 spiro atoms. The van der Waals surface area contributed by atoms with E-state index in [9.17, 15) is 0 Å². The molecule has 0 aliphatic rings. The molecule has 0 amide bonds. The lowest BCUT2D eigenvalue weighted by Gasteiger charge is -2.15. The summed E-state index contributed by atoms with van der Waals surface area (Å²) in [5, 5.41) is 5.52. The van der Waals surface area contributed by atoms with Crippen LogP contribution in [0.4, 0.5) is 0 Å². The van der Waals surface area contributed by atoms with E-state index in [1.165, 1.54) is 4.88 Å². The molecule has 2 aromatic rings. The van der Waals surface area contributed by atoms with E-state index in [1.54, 1.807) is 11.3 Å². The molecule has 0 bridgehead atoms. The van der Waals surface area contributed by atoms with Crippen LogP contribution in [0.1, 0.15) is 29.6 Å². The molecule has 0 atom stereocenters. The minimum atomic E-state index is 0.850. The van der Waals surface area contributed by atoms with Crippen molar-refractivity contribution in [3.63, 3.8) is 0 Å². The fraction of sp³-hybridized carbons (Fsp3) is 0.438. The molecular formula is C16H22BrN3S. The maximum atomic E-state index is 4.72. The van der Waals surface area contributed by atoms with E-state index in [0.717, 1.165) is 48.5 Å². The number of nitrogens with zero attached hydrogens (tertiary/aromatic N) is 2. The van der Waals surface area contributed by atoms with Gasteiger partial charge in [-0.1, -0.05) is 13.0 Å². The Bertz CT molecular complexity index is 556. The topological polar surface area (TPSA) is 28.2 Å². The van der Waals surface area contributed by atoms with Crippen LogP contribution in [0.2, 0.25) is 0 Å². The Kier molecular flexibility index (Phi) is 6.83. The summed E-state index contributed by atoms with van der Waals surface area (Å²) in [7, 11) is 2.14. The summed E-state index contributed by atoms with van der Waals surface area (Å²) in [6.45, 7) is 5.89. The second kappa shape index (κ2) is 8.63. The summed E-state index contributed by atoms with van der Waals surface area (Å²) in [5.74, 6) is 0. The Morgan fingerprint density at radius 2 is 2.10 bits per heavy atom. The van der Waals surface area contributed by atoms with Crippen LogP contribution in [0.15, 0.2) is 34.1 Å². The molecule has 1 N–H and O–H groups in total. The van der Waals surface area contributed by atoms with Gasteiger partial charge >= 0.3 is 0 Å². The molecule has 0 aromatic carbocycles. The smallest absolute Gasteiger partial charge is 0.0547 e. The highest BCUT2D eigenvalue weighted by Crippen LogP contribution is 2.21.